The zero-order chi connectivity index (χ0) is 14.3. The van der Waals surface area contributed by atoms with Crippen LogP contribution in [-0.2, 0) is 16.6 Å². The molecule has 1 saturated heterocycles. The van der Waals surface area contributed by atoms with E-state index in [0.717, 1.165) is 11.0 Å². The van der Waals surface area contributed by atoms with Crippen LogP contribution < -0.4 is 4.90 Å². The Kier molecular flexibility index (Phi) is 3.06. The highest BCUT2D eigenvalue weighted by Crippen LogP contribution is 2.30. The Bertz CT molecular complexity index is 654. The number of methoxy groups -OCH3 is 1. The summed E-state index contributed by atoms with van der Waals surface area (Å²) in [5.74, 6) is -0.255. The van der Waals surface area contributed by atoms with E-state index in [2.05, 4.69) is 9.97 Å². The van der Waals surface area contributed by atoms with Gasteiger partial charge in [-0.15, -0.1) is 0 Å². The van der Waals surface area contributed by atoms with E-state index in [1.165, 1.54) is 0 Å². The standard InChI is InChI=1S/C13H16N4O3/c1-16-7-15-11-9(16)3-4-14-12(11)17-6-8(20-2)5-10(17)13(18)19/h3-4,7-8,10H,5-6H2,1-2H3,(H,18,19). The van der Waals surface area contributed by atoms with Crippen molar-refractivity contribution < 1.29 is 14.6 Å². The second-order valence-corrected chi connectivity index (χ2v) is 4.96. The maximum atomic E-state index is 11.4. The van der Waals surface area contributed by atoms with Crippen molar-refractivity contribution in [1.29, 1.82) is 0 Å². The van der Waals surface area contributed by atoms with E-state index in [4.69, 9.17) is 4.74 Å². The number of rotatable bonds is 3. The summed E-state index contributed by atoms with van der Waals surface area (Å²) >= 11 is 0. The van der Waals surface area contributed by atoms with Gasteiger partial charge in [0.05, 0.1) is 17.9 Å². The molecule has 3 heterocycles. The molecule has 0 spiro atoms. The molecular formula is C13H16N4O3. The normalized spacial score (nSPS) is 22.6. The highest BCUT2D eigenvalue weighted by molar-refractivity contribution is 5.89. The van der Waals surface area contributed by atoms with Crippen molar-refractivity contribution in [2.45, 2.75) is 18.6 Å². The number of aliphatic carboxylic acids is 1. The van der Waals surface area contributed by atoms with Gasteiger partial charge in [-0.25, -0.2) is 14.8 Å². The highest BCUT2D eigenvalue weighted by atomic mass is 16.5. The second kappa shape index (κ2) is 4.75. The van der Waals surface area contributed by atoms with E-state index in [1.807, 2.05) is 17.7 Å². The number of anilines is 1. The van der Waals surface area contributed by atoms with Gasteiger partial charge in [0, 0.05) is 33.3 Å². The molecule has 1 fully saturated rings. The van der Waals surface area contributed by atoms with Crippen LogP contribution in [0.25, 0.3) is 11.0 Å². The van der Waals surface area contributed by atoms with Crippen LogP contribution in [0.3, 0.4) is 0 Å². The van der Waals surface area contributed by atoms with Crippen molar-refractivity contribution in [3.05, 3.63) is 18.6 Å². The number of carbonyl (C=O) groups is 1. The Morgan fingerprint density at radius 1 is 1.50 bits per heavy atom. The fourth-order valence-electron chi connectivity index (χ4n) is 2.69. The molecule has 1 N–H and O–H groups in total. The molecule has 0 radical (unpaired) electrons. The van der Waals surface area contributed by atoms with Gasteiger partial charge in [-0.1, -0.05) is 0 Å². The molecule has 0 saturated carbocycles. The molecule has 7 nitrogen and oxygen atoms in total. The van der Waals surface area contributed by atoms with Gasteiger partial charge in [0.1, 0.15) is 11.6 Å². The number of aryl methyl sites for hydroxylation is 1. The van der Waals surface area contributed by atoms with Crippen LogP contribution in [-0.4, -0.2) is 51.4 Å². The molecule has 3 rings (SSSR count). The number of aromatic nitrogens is 3. The summed E-state index contributed by atoms with van der Waals surface area (Å²) in [6, 6.07) is 1.24. The lowest BCUT2D eigenvalue weighted by Crippen LogP contribution is -2.36. The Balaban J connectivity index is 2.07. The Morgan fingerprint density at radius 2 is 2.30 bits per heavy atom. The second-order valence-electron chi connectivity index (χ2n) is 4.96. The number of hydrogen-bond donors (Lipinski definition) is 1. The third kappa shape index (κ3) is 1.90. The predicted molar refractivity (Wildman–Crippen MR) is 72.7 cm³/mol. The molecule has 0 amide bonds. The van der Waals surface area contributed by atoms with Gasteiger partial charge >= 0.3 is 5.97 Å². The first kappa shape index (κ1) is 12.9. The molecule has 1 aliphatic rings. The van der Waals surface area contributed by atoms with Gasteiger partial charge in [-0.2, -0.15) is 0 Å². The van der Waals surface area contributed by atoms with Crippen LogP contribution in [0.4, 0.5) is 5.82 Å². The highest BCUT2D eigenvalue weighted by Gasteiger charge is 2.38. The Labute approximate surface area is 115 Å². The van der Waals surface area contributed by atoms with Crippen LogP contribution in [0.2, 0.25) is 0 Å². The van der Waals surface area contributed by atoms with E-state index < -0.39 is 12.0 Å². The van der Waals surface area contributed by atoms with Crippen molar-refractivity contribution >= 4 is 22.8 Å². The van der Waals surface area contributed by atoms with Gasteiger partial charge in [0.15, 0.2) is 5.82 Å². The summed E-state index contributed by atoms with van der Waals surface area (Å²) in [5, 5.41) is 9.38. The first-order valence-electron chi connectivity index (χ1n) is 6.40. The van der Waals surface area contributed by atoms with Crippen LogP contribution in [0.1, 0.15) is 6.42 Å². The van der Waals surface area contributed by atoms with Crippen molar-refractivity contribution in [2.24, 2.45) is 7.05 Å². The minimum absolute atomic E-state index is 0.100. The number of carboxylic acid groups (broad SMARTS) is 1. The van der Waals surface area contributed by atoms with Gasteiger partial charge in [0.2, 0.25) is 0 Å². The summed E-state index contributed by atoms with van der Waals surface area (Å²) in [5.41, 5.74) is 1.65. The monoisotopic (exact) mass is 276 g/mol. The van der Waals surface area contributed by atoms with E-state index in [1.54, 1.807) is 24.5 Å². The fraction of sp³-hybridized carbons (Fsp3) is 0.462. The van der Waals surface area contributed by atoms with E-state index >= 15 is 0 Å². The van der Waals surface area contributed by atoms with Gasteiger partial charge in [0.25, 0.3) is 0 Å². The smallest absolute Gasteiger partial charge is 0.326 e. The summed E-state index contributed by atoms with van der Waals surface area (Å²) in [6.45, 7) is 0.510. The zero-order valence-electron chi connectivity index (χ0n) is 11.4. The number of ether oxygens (including phenoxy) is 1. The predicted octanol–water partition coefficient (Wildman–Crippen LogP) is 0.647. The molecule has 2 atom stereocenters. The van der Waals surface area contributed by atoms with E-state index in [-0.39, 0.29) is 6.10 Å². The average molecular weight is 276 g/mol. The quantitative estimate of drug-likeness (QED) is 0.886. The van der Waals surface area contributed by atoms with Crippen LogP contribution in [0.5, 0.6) is 0 Å². The summed E-state index contributed by atoms with van der Waals surface area (Å²) in [4.78, 5) is 21.9. The maximum Gasteiger partial charge on any atom is 0.326 e. The molecule has 106 valence electrons. The SMILES string of the molecule is COC1CC(C(=O)O)N(c2nccc3c2ncn3C)C1. The molecule has 20 heavy (non-hydrogen) atoms. The minimum Gasteiger partial charge on any atom is -0.480 e. The van der Waals surface area contributed by atoms with Gasteiger partial charge < -0.3 is 19.3 Å². The molecular weight excluding hydrogens is 260 g/mol. The first-order chi connectivity index (χ1) is 9.61. The Hall–Kier alpha value is -2.15. The van der Waals surface area contributed by atoms with Crippen molar-refractivity contribution in [3.8, 4) is 0 Å². The minimum atomic E-state index is -0.862. The molecule has 2 unspecified atom stereocenters. The maximum absolute atomic E-state index is 11.4. The lowest BCUT2D eigenvalue weighted by Gasteiger charge is -2.22. The lowest BCUT2D eigenvalue weighted by molar-refractivity contribution is -0.138. The average Bonchev–Trinajstić information content (AvgIpc) is 3.03. The molecule has 2 aromatic heterocycles. The zero-order valence-corrected chi connectivity index (χ0v) is 11.4. The summed E-state index contributed by atoms with van der Waals surface area (Å²) in [6.07, 6.45) is 3.74. The largest absolute Gasteiger partial charge is 0.480 e. The molecule has 0 aliphatic carbocycles. The molecule has 0 aromatic carbocycles. The van der Waals surface area contributed by atoms with E-state index in [9.17, 15) is 9.90 Å². The van der Waals surface area contributed by atoms with Crippen molar-refractivity contribution in [2.75, 3.05) is 18.6 Å². The number of fused-ring (bicyclic) bond motifs is 1. The molecule has 2 aromatic rings. The molecule has 1 aliphatic heterocycles. The van der Waals surface area contributed by atoms with Crippen molar-refractivity contribution in [3.63, 3.8) is 0 Å². The molecule has 7 heteroatoms. The number of hydrogen-bond acceptors (Lipinski definition) is 5. The van der Waals surface area contributed by atoms with Gasteiger partial charge in [-0.05, 0) is 6.07 Å². The van der Waals surface area contributed by atoms with E-state index in [0.29, 0.717) is 18.8 Å². The lowest BCUT2D eigenvalue weighted by atomic mass is 10.2. The first-order valence-corrected chi connectivity index (χ1v) is 6.40. The molecule has 0 bridgehead atoms. The number of imidazole rings is 1. The fourth-order valence-corrected chi connectivity index (χ4v) is 2.69. The van der Waals surface area contributed by atoms with Crippen LogP contribution in [0, 0.1) is 0 Å². The van der Waals surface area contributed by atoms with Crippen LogP contribution >= 0.6 is 0 Å². The van der Waals surface area contributed by atoms with Crippen LogP contribution in [0.15, 0.2) is 18.6 Å². The third-order valence-electron chi connectivity index (χ3n) is 3.78. The number of pyridine rings is 1. The Morgan fingerprint density at radius 3 is 3.00 bits per heavy atom. The number of nitrogens with zero attached hydrogens (tertiary/aromatic N) is 4. The third-order valence-corrected chi connectivity index (χ3v) is 3.78. The summed E-state index contributed by atoms with van der Waals surface area (Å²) < 4.78 is 7.19. The van der Waals surface area contributed by atoms with Crippen molar-refractivity contribution in [1.82, 2.24) is 14.5 Å². The van der Waals surface area contributed by atoms with Gasteiger partial charge in [-0.3, -0.25) is 0 Å². The summed E-state index contributed by atoms with van der Waals surface area (Å²) in [7, 11) is 3.50. The number of carboxylic acids is 1. The topological polar surface area (TPSA) is 80.5 Å².